The lowest BCUT2D eigenvalue weighted by Gasteiger charge is -2.50. The summed E-state index contributed by atoms with van der Waals surface area (Å²) in [6.07, 6.45) is 4.34. The fourth-order valence-corrected chi connectivity index (χ4v) is 7.41. The molecule has 0 N–H and O–H groups in total. The van der Waals surface area contributed by atoms with Crippen LogP contribution in [0, 0.1) is 17.3 Å². The van der Waals surface area contributed by atoms with Crippen molar-refractivity contribution in [1.82, 2.24) is 0 Å². The number of ether oxygens (including phenoxy) is 2. The van der Waals surface area contributed by atoms with Gasteiger partial charge in [0.2, 0.25) is 0 Å². The summed E-state index contributed by atoms with van der Waals surface area (Å²) in [5.74, 6) is 2.39. The molecule has 5 rings (SSSR count). The summed E-state index contributed by atoms with van der Waals surface area (Å²) in [4.78, 5) is 0. The molecule has 2 saturated carbocycles. The monoisotopic (exact) mass is 394 g/mol. The van der Waals surface area contributed by atoms with E-state index in [-0.39, 0.29) is 24.4 Å². The van der Waals surface area contributed by atoms with Gasteiger partial charge in [-0.3, -0.25) is 0 Å². The summed E-state index contributed by atoms with van der Waals surface area (Å²) >= 11 is 0. The molecule has 0 spiro atoms. The van der Waals surface area contributed by atoms with Crippen molar-refractivity contribution in [3.63, 3.8) is 0 Å². The molecule has 3 fully saturated rings. The van der Waals surface area contributed by atoms with Crippen molar-refractivity contribution in [3.8, 4) is 5.75 Å². The molecule has 27 heavy (non-hydrogen) atoms. The summed E-state index contributed by atoms with van der Waals surface area (Å²) in [5.41, 5.74) is 2.69. The standard InChI is InChI=1S/C20H26O6S/c1-20-8-7-15-14-6-4-13(24-11-23-2)9-12(14)3-5-16(15)17(20)10-18-19(20)26-27(21,22)25-18/h4,6,9,15-19H,3,5,7-8,10-11H2,1-2H3/t15?,16?,17?,18-,19-,20-/m0/s1. The Balaban J connectivity index is 1.41. The molecule has 1 heterocycles. The Morgan fingerprint density at radius 1 is 1.26 bits per heavy atom. The van der Waals surface area contributed by atoms with Crippen molar-refractivity contribution in [1.29, 1.82) is 0 Å². The molecule has 3 unspecified atom stereocenters. The van der Waals surface area contributed by atoms with E-state index in [0.29, 0.717) is 17.8 Å². The van der Waals surface area contributed by atoms with Gasteiger partial charge in [-0.05, 0) is 73.1 Å². The zero-order valence-electron chi connectivity index (χ0n) is 15.7. The van der Waals surface area contributed by atoms with E-state index in [9.17, 15) is 8.42 Å². The number of benzene rings is 1. The van der Waals surface area contributed by atoms with Crippen LogP contribution in [0.15, 0.2) is 18.2 Å². The largest absolute Gasteiger partial charge is 0.468 e. The van der Waals surface area contributed by atoms with E-state index in [0.717, 1.165) is 37.9 Å². The SMILES string of the molecule is COCOc1ccc2c(c1)CCC1C2CC[C@@]2(C)C1C[C@@H]1OS(=O)(=O)O[C@@H]12. The van der Waals surface area contributed by atoms with E-state index >= 15 is 0 Å². The molecular weight excluding hydrogens is 368 g/mol. The average molecular weight is 394 g/mol. The topological polar surface area (TPSA) is 71.1 Å². The van der Waals surface area contributed by atoms with Crippen molar-refractivity contribution in [3.05, 3.63) is 29.3 Å². The highest BCUT2D eigenvalue weighted by molar-refractivity contribution is 7.82. The highest BCUT2D eigenvalue weighted by atomic mass is 32.3. The van der Waals surface area contributed by atoms with Crippen molar-refractivity contribution in [2.75, 3.05) is 13.9 Å². The third kappa shape index (κ3) is 2.74. The number of hydrogen-bond acceptors (Lipinski definition) is 6. The first-order valence-corrected chi connectivity index (χ1v) is 11.1. The van der Waals surface area contributed by atoms with Crippen LogP contribution >= 0.6 is 0 Å². The molecular formula is C20H26O6S. The molecule has 1 aliphatic heterocycles. The second kappa shape index (κ2) is 6.17. The summed E-state index contributed by atoms with van der Waals surface area (Å²) in [6.45, 7) is 2.47. The van der Waals surface area contributed by atoms with Crippen molar-refractivity contribution in [2.24, 2.45) is 17.3 Å². The second-order valence-corrected chi connectivity index (χ2v) is 9.87. The maximum atomic E-state index is 11.7. The van der Waals surface area contributed by atoms with Crippen LogP contribution < -0.4 is 4.74 Å². The van der Waals surface area contributed by atoms with E-state index in [1.807, 2.05) is 6.07 Å². The number of fused-ring (bicyclic) bond motifs is 7. The summed E-state index contributed by atoms with van der Waals surface area (Å²) in [7, 11) is -2.19. The second-order valence-electron chi connectivity index (χ2n) is 8.67. The first-order valence-electron chi connectivity index (χ1n) is 9.77. The Kier molecular flexibility index (Phi) is 4.10. The van der Waals surface area contributed by atoms with E-state index in [2.05, 4.69) is 19.1 Å². The smallest absolute Gasteiger partial charge is 0.400 e. The fraction of sp³-hybridized carbons (Fsp3) is 0.700. The van der Waals surface area contributed by atoms with E-state index < -0.39 is 10.4 Å². The van der Waals surface area contributed by atoms with Crippen LogP contribution in [-0.2, 0) is 29.9 Å². The van der Waals surface area contributed by atoms with Crippen molar-refractivity contribution < 1.29 is 26.3 Å². The summed E-state index contributed by atoms with van der Waals surface area (Å²) < 4.78 is 44.7. The molecule has 4 aliphatic rings. The summed E-state index contributed by atoms with van der Waals surface area (Å²) in [6, 6.07) is 6.41. The van der Waals surface area contributed by atoms with Crippen LogP contribution in [0.4, 0.5) is 0 Å². The Morgan fingerprint density at radius 3 is 2.93 bits per heavy atom. The van der Waals surface area contributed by atoms with Gasteiger partial charge in [-0.1, -0.05) is 13.0 Å². The van der Waals surface area contributed by atoms with E-state index in [1.165, 1.54) is 11.1 Å². The molecule has 3 aliphatic carbocycles. The first kappa shape index (κ1) is 17.9. The molecule has 7 heteroatoms. The zero-order chi connectivity index (χ0) is 18.8. The molecule has 0 amide bonds. The van der Waals surface area contributed by atoms with Gasteiger partial charge in [-0.25, -0.2) is 8.37 Å². The first-order chi connectivity index (χ1) is 12.9. The number of methoxy groups -OCH3 is 1. The molecule has 6 atom stereocenters. The summed E-state index contributed by atoms with van der Waals surface area (Å²) in [5, 5.41) is 0. The molecule has 1 aromatic carbocycles. The van der Waals surface area contributed by atoms with Gasteiger partial charge in [-0.15, -0.1) is 0 Å². The highest BCUT2D eigenvalue weighted by Crippen LogP contribution is 2.63. The fourth-order valence-electron chi connectivity index (χ4n) is 6.28. The predicted molar refractivity (Wildman–Crippen MR) is 97.6 cm³/mol. The van der Waals surface area contributed by atoms with Gasteiger partial charge < -0.3 is 9.47 Å². The molecule has 0 radical (unpaired) electrons. The predicted octanol–water partition coefficient (Wildman–Crippen LogP) is 3.16. The van der Waals surface area contributed by atoms with Crippen LogP contribution in [0.5, 0.6) is 5.75 Å². The minimum absolute atomic E-state index is 0.117. The Labute approximate surface area is 160 Å². The Bertz CT molecular complexity index is 852. The van der Waals surface area contributed by atoms with Crippen LogP contribution in [0.25, 0.3) is 0 Å². The maximum absolute atomic E-state index is 11.7. The lowest BCUT2D eigenvalue weighted by molar-refractivity contribution is -0.00572. The molecule has 6 nitrogen and oxygen atoms in total. The molecule has 0 bridgehead atoms. The molecule has 1 saturated heterocycles. The lowest BCUT2D eigenvalue weighted by atomic mass is 9.55. The minimum Gasteiger partial charge on any atom is -0.468 e. The zero-order valence-corrected chi connectivity index (χ0v) is 16.5. The van der Waals surface area contributed by atoms with Gasteiger partial charge >= 0.3 is 10.4 Å². The maximum Gasteiger partial charge on any atom is 0.400 e. The van der Waals surface area contributed by atoms with Gasteiger partial charge in [0.25, 0.3) is 0 Å². The Hall–Kier alpha value is -1.15. The molecule has 1 aromatic rings. The van der Waals surface area contributed by atoms with Gasteiger partial charge in [0.15, 0.2) is 6.79 Å². The van der Waals surface area contributed by atoms with Gasteiger partial charge in [-0.2, -0.15) is 8.42 Å². The number of hydrogen-bond donors (Lipinski definition) is 0. The lowest BCUT2D eigenvalue weighted by Crippen LogP contribution is -2.44. The van der Waals surface area contributed by atoms with Crippen molar-refractivity contribution in [2.45, 2.75) is 57.2 Å². The van der Waals surface area contributed by atoms with Crippen LogP contribution in [0.1, 0.15) is 49.7 Å². The van der Waals surface area contributed by atoms with E-state index in [1.54, 1.807) is 7.11 Å². The van der Waals surface area contributed by atoms with Crippen LogP contribution in [0.3, 0.4) is 0 Å². The number of aryl methyl sites for hydroxylation is 1. The normalized spacial score (nSPS) is 41.3. The van der Waals surface area contributed by atoms with Crippen LogP contribution in [-0.4, -0.2) is 34.5 Å². The minimum atomic E-state index is -3.81. The van der Waals surface area contributed by atoms with E-state index in [4.69, 9.17) is 17.8 Å². The quantitative estimate of drug-likeness (QED) is 0.734. The van der Waals surface area contributed by atoms with Gasteiger partial charge in [0.1, 0.15) is 18.0 Å². The third-order valence-corrected chi connectivity index (χ3v) is 8.34. The van der Waals surface area contributed by atoms with Gasteiger partial charge in [0.05, 0.1) is 0 Å². The Morgan fingerprint density at radius 2 is 2.11 bits per heavy atom. The van der Waals surface area contributed by atoms with Gasteiger partial charge in [0, 0.05) is 12.5 Å². The molecule has 148 valence electrons. The number of rotatable bonds is 3. The average Bonchev–Trinajstić information content (AvgIpc) is 3.09. The molecule has 0 aromatic heterocycles. The third-order valence-electron chi connectivity index (χ3n) is 7.42. The van der Waals surface area contributed by atoms with Crippen LogP contribution in [0.2, 0.25) is 0 Å². The van der Waals surface area contributed by atoms with Crippen molar-refractivity contribution >= 4 is 10.4 Å². The highest BCUT2D eigenvalue weighted by Gasteiger charge is 2.63.